The van der Waals surface area contributed by atoms with Gasteiger partial charge in [-0.25, -0.2) is 0 Å². The fraction of sp³-hybridized carbons (Fsp3) is 0.450. The molecular weight excluding hydrogens is 330 g/mol. The zero-order chi connectivity index (χ0) is 18.5. The van der Waals surface area contributed by atoms with E-state index in [4.69, 9.17) is 4.74 Å². The third kappa shape index (κ3) is 2.74. The summed E-state index contributed by atoms with van der Waals surface area (Å²) in [6, 6.07) is 7.94. The van der Waals surface area contributed by atoms with Crippen molar-refractivity contribution in [3.63, 3.8) is 0 Å². The number of pyridine rings is 1. The number of fused-ring (bicyclic) bond motifs is 1. The summed E-state index contributed by atoms with van der Waals surface area (Å²) in [5.41, 5.74) is 2.99. The maximum absolute atomic E-state index is 13.1. The molecule has 4 rings (SSSR count). The van der Waals surface area contributed by atoms with E-state index in [1.54, 1.807) is 11.9 Å². The van der Waals surface area contributed by atoms with Crippen LogP contribution in [0.2, 0.25) is 0 Å². The van der Waals surface area contributed by atoms with Crippen LogP contribution < -0.4 is 0 Å². The molecule has 0 N–H and O–H groups in total. The molecule has 26 heavy (non-hydrogen) atoms. The molecule has 2 fully saturated rings. The van der Waals surface area contributed by atoms with Crippen LogP contribution in [0.15, 0.2) is 24.3 Å². The zero-order valence-electron chi connectivity index (χ0n) is 15.4. The van der Waals surface area contributed by atoms with E-state index in [0.29, 0.717) is 25.2 Å². The Morgan fingerprint density at radius 1 is 1.27 bits per heavy atom. The number of carbonyl (C=O) groups excluding carboxylic acids is 2. The van der Waals surface area contributed by atoms with Crippen LogP contribution in [-0.2, 0) is 9.53 Å². The van der Waals surface area contributed by atoms with Crippen LogP contribution in [0.5, 0.6) is 0 Å². The lowest BCUT2D eigenvalue weighted by atomic mass is 10.0. The second-order valence-electron chi connectivity index (χ2n) is 7.47. The second kappa shape index (κ2) is 6.06. The molecule has 1 aromatic carbocycles. The molecule has 0 aliphatic carbocycles. The summed E-state index contributed by atoms with van der Waals surface area (Å²) >= 11 is 0. The van der Waals surface area contributed by atoms with Gasteiger partial charge >= 0.3 is 0 Å². The Kier molecular flexibility index (Phi) is 3.95. The Hall–Kier alpha value is -2.47. The molecule has 2 aliphatic heterocycles. The van der Waals surface area contributed by atoms with E-state index in [9.17, 15) is 9.59 Å². The van der Waals surface area contributed by atoms with Gasteiger partial charge in [0.2, 0.25) is 5.91 Å². The van der Waals surface area contributed by atoms with Gasteiger partial charge in [0.1, 0.15) is 12.2 Å². The molecule has 0 radical (unpaired) electrons. The Labute approximate surface area is 152 Å². The van der Waals surface area contributed by atoms with Crippen molar-refractivity contribution >= 4 is 22.7 Å². The highest BCUT2D eigenvalue weighted by Gasteiger charge is 2.45. The van der Waals surface area contributed by atoms with Gasteiger partial charge < -0.3 is 14.5 Å². The number of amides is 2. The first-order chi connectivity index (χ1) is 12.4. The van der Waals surface area contributed by atoms with E-state index >= 15 is 0 Å². The number of carbonyl (C=O) groups is 2. The van der Waals surface area contributed by atoms with E-state index < -0.39 is 5.60 Å². The van der Waals surface area contributed by atoms with Crippen molar-refractivity contribution in [2.75, 3.05) is 33.3 Å². The number of hydrogen-bond acceptors (Lipinski definition) is 4. The van der Waals surface area contributed by atoms with Crippen LogP contribution in [0.25, 0.3) is 10.9 Å². The molecule has 1 atom stereocenters. The van der Waals surface area contributed by atoms with Crippen molar-refractivity contribution in [1.29, 1.82) is 0 Å². The van der Waals surface area contributed by atoms with Crippen molar-refractivity contribution in [1.82, 2.24) is 14.8 Å². The Balaban J connectivity index is 1.60. The lowest BCUT2D eigenvalue weighted by Gasteiger charge is -2.38. The van der Waals surface area contributed by atoms with Gasteiger partial charge in [-0.2, -0.15) is 0 Å². The van der Waals surface area contributed by atoms with Crippen molar-refractivity contribution in [3.8, 4) is 0 Å². The Morgan fingerprint density at radius 2 is 2.08 bits per heavy atom. The standard InChI is InChI=1S/C20H23N3O3/c1-13-5-4-6-15-9-16(14(2)21-18(13)15)19(25)23-8-7-20(12-23)11-22(3)17(24)10-26-20/h4-6,9H,7-8,10-12H2,1-3H3. The number of aryl methyl sites for hydroxylation is 2. The largest absolute Gasteiger partial charge is 0.361 e. The van der Waals surface area contributed by atoms with Gasteiger partial charge in [-0.1, -0.05) is 18.2 Å². The minimum absolute atomic E-state index is 0.00894. The van der Waals surface area contributed by atoms with Crippen LogP contribution in [0.1, 0.15) is 28.0 Å². The van der Waals surface area contributed by atoms with Crippen LogP contribution in [0.3, 0.4) is 0 Å². The van der Waals surface area contributed by atoms with Gasteiger partial charge in [-0.3, -0.25) is 14.6 Å². The SMILES string of the molecule is Cc1nc2c(C)cccc2cc1C(=O)N1CCC2(CN(C)C(=O)CO2)C1. The first-order valence-corrected chi connectivity index (χ1v) is 8.93. The summed E-state index contributed by atoms with van der Waals surface area (Å²) in [5, 5.41) is 0.979. The number of hydrogen-bond donors (Lipinski definition) is 0. The molecule has 0 bridgehead atoms. The second-order valence-corrected chi connectivity index (χ2v) is 7.47. The number of nitrogens with zero attached hydrogens (tertiary/aromatic N) is 3. The highest BCUT2D eigenvalue weighted by Crippen LogP contribution is 2.31. The molecular formula is C20H23N3O3. The summed E-state index contributed by atoms with van der Waals surface area (Å²) in [5.74, 6) is -0.0243. The van der Waals surface area contributed by atoms with E-state index in [2.05, 4.69) is 4.98 Å². The molecule has 1 unspecified atom stereocenters. The number of benzene rings is 1. The van der Waals surface area contributed by atoms with Crippen molar-refractivity contribution in [3.05, 3.63) is 41.1 Å². The average molecular weight is 353 g/mol. The zero-order valence-corrected chi connectivity index (χ0v) is 15.4. The monoisotopic (exact) mass is 353 g/mol. The van der Waals surface area contributed by atoms with Gasteiger partial charge in [0.15, 0.2) is 0 Å². The van der Waals surface area contributed by atoms with Crippen molar-refractivity contribution < 1.29 is 14.3 Å². The summed E-state index contributed by atoms with van der Waals surface area (Å²) in [6.45, 7) is 5.67. The number of ether oxygens (including phenoxy) is 1. The maximum atomic E-state index is 13.1. The molecule has 1 aromatic heterocycles. The fourth-order valence-electron chi connectivity index (χ4n) is 3.98. The maximum Gasteiger partial charge on any atom is 0.255 e. The molecule has 2 saturated heterocycles. The molecule has 2 aliphatic rings. The number of aromatic nitrogens is 1. The molecule has 2 amide bonds. The topological polar surface area (TPSA) is 62.7 Å². The molecule has 3 heterocycles. The number of likely N-dealkylation sites (tertiary alicyclic amines) is 1. The highest BCUT2D eigenvalue weighted by atomic mass is 16.5. The molecule has 1 spiro atoms. The van der Waals surface area contributed by atoms with Crippen molar-refractivity contribution in [2.24, 2.45) is 0 Å². The van der Waals surface area contributed by atoms with Gasteiger partial charge in [0.25, 0.3) is 5.91 Å². The minimum atomic E-state index is -0.437. The van der Waals surface area contributed by atoms with Crippen molar-refractivity contribution in [2.45, 2.75) is 25.9 Å². The van der Waals surface area contributed by atoms with E-state index in [1.165, 1.54) is 0 Å². The highest BCUT2D eigenvalue weighted by molar-refractivity contribution is 5.99. The lowest BCUT2D eigenvalue weighted by Crippen LogP contribution is -2.54. The quantitative estimate of drug-likeness (QED) is 0.786. The van der Waals surface area contributed by atoms with Gasteiger partial charge in [-0.05, 0) is 31.9 Å². The van der Waals surface area contributed by atoms with E-state index in [-0.39, 0.29) is 18.4 Å². The first-order valence-electron chi connectivity index (χ1n) is 8.93. The first kappa shape index (κ1) is 17.0. The molecule has 6 nitrogen and oxygen atoms in total. The third-order valence-electron chi connectivity index (χ3n) is 5.52. The molecule has 2 aromatic rings. The fourth-order valence-corrected chi connectivity index (χ4v) is 3.98. The predicted molar refractivity (Wildman–Crippen MR) is 98.1 cm³/mol. The average Bonchev–Trinajstić information content (AvgIpc) is 3.02. The van der Waals surface area contributed by atoms with Gasteiger partial charge in [0.05, 0.1) is 29.9 Å². The molecule has 6 heteroatoms. The van der Waals surface area contributed by atoms with Crippen LogP contribution in [-0.4, -0.2) is 65.5 Å². The smallest absolute Gasteiger partial charge is 0.255 e. The number of likely N-dealkylation sites (N-methyl/N-ethyl adjacent to an activating group) is 1. The summed E-state index contributed by atoms with van der Waals surface area (Å²) in [6.07, 6.45) is 0.746. The predicted octanol–water partition coefficient (Wildman–Crippen LogP) is 1.92. The van der Waals surface area contributed by atoms with Crippen LogP contribution in [0, 0.1) is 13.8 Å². The number of rotatable bonds is 1. The normalized spacial score (nSPS) is 23.3. The van der Waals surface area contributed by atoms with Gasteiger partial charge in [-0.15, -0.1) is 0 Å². The van der Waals surface area contributed by atoms with Gasteiger partial charge in [0, 0.05) is 19.0 Å². The number of morpholine rings is 1. The summed E-state index contributed by atoms with van der Waals surface area (Å²) < 4.78 is 5.84. The molecule has 0 saturated carbocycles. The number of para-hydroxylation sites is 1. The summed E-state index contributed by atoms with van der Waals surface area (Å²) in [4.78, 5) is 33.0. The Morgan fingerprint density at radius 3 is 2.85 bits per heavy atom. The van der Waals surface area contributed by atoms with Crippen LogP contribution >= 0.6 is 0 Å². The molecule has 136 valence electrons. The van der Waals surface area contributed by atoms with Crippen LogP contribution in [0.4, 0.5) is 0 Å². The summed E-state index contributed by atoms with van der Waals surface area (Å²) in [7, 11) is 1.79. The lowest BCUT2D eigenvalue weighted by molar-refractivity contribution is -0.158. The van der Waals surface area contributed by atoms with E-state index in [0.717, 1.165) is 28.6 Å². The van der Waals surface area contributed by atoms with E-state index in [1.807, 2.05) is 43.0 Å². The minimum Gasteiger partial charge on any atom is -0.361 e. The third-order valence-corrected chi connectivity index (χ3v) is 5.52. The Bertz CT molecular complexity index is 911.